The zero-order chi connectivity index (χ0) is 25.7. The Labute approximate surface area is 215 Å². The lowest BCUT2D eigenvalue weighted by Gasteiger charge is -2.36. The molecule has 3 aliphatic heterocycles. The van der Waals surface area contributed by atoms with Gasteiger partial charge in [0.1, 0.15) is 5.60 Å². The van der Waals surface area contributed by atoms with Crippen LogP contribution >= 0.6 is 11.6 Å². The lowest BCUT2D eigenvalue weighted by atomic mass is 9.91. The number of ether oxygens (including phenoxy) is 2. The Kier molecular flexibility index (Phi) is 6.11. The molecular formula is C27H30ClN3O5. The molecule has 0 aliphatic carbocycles. The summed E-state index contributed by atoms with van der Waals surface area (Å²) in [6, 6.07) is 12.8. The topological polar surface area (TPSA) is 79.4 Å². The van der Waals surface area contributed by atoms with E-state index in [0.29, 0.717) is 61.8 Å². The number of piperazine rings is 1. The second kappa shape index (κ2) is 9.00. The van der Waals surface area contributed by atoms with Gasteiger partial charge in [0, 0.05) is 50.4 Å². The van der Waals surface area contributed by atoms with Crippen LogP contribution in [0, 0.1) is 0 Å². The number of rotatable bonds is 2. The van der Waals surface area contributed by atoms with Crippen LogP contribution in [0.5, 0.6) is 0 Å². The van der Waals surface area contributed by atoms with Crippen molar-refractivity contribution in [2.24, 2.45) is 0 Å². The van der Waals surface area contributed by atoms with Gasteiger partial charge in [0.2, 0.25) is 0 Å². The molecule has 2 fully saturated rings. The molecule has 1 atom stereocenters. The second-order valence-electron chi connectivity index (χ2n) is 10.5. The first kappa shape index (κ1) is 24.4. The van der Waals surface area contributed by atoms with Crippen molar-refractivity contribution in [3.8, 4) is 0 Å². The minimum Gasteiger partial charge on any atom is -0.449 e. The lowest BCUT2D eigenvalue weighted by Crippen LogP contribution is -2.50. The summed E-state index contributed by atoms with van der Waals surface area (Å²) in [4.78, 5) is 43.6. The van der Waals surface area contributed by atoms with E-state index in [0.717, 1.165) is 11.3 Å². The van der Waals surface area contributed by atoms with Gasteiger partial charge in [-0.15, -0.1) is 0 Å². The van der Waals surface area contributed by atoms with Crippen molar-refractivity contribution in [3.63, 3.8) is 0 Å². The van der Waals surface area contributed by atoms with E-state index in [1.54, 1.807) is 28.0 Å². The number of likely N-dealkylation sites (tertiary alicyclic amines) is 1. The summed E-state index contributed by atoms with van der Waals surface area (Å²) >= 11 is 6.59. The quantitative estimate of drug-likeness (QED) is 0.559. The average molecular weight is 512 g/mol. The number of halogens is 1. The molecule has 0 unspecified atom stereocenters. The van der Waals surface area contributed by atoms with Gasteiger partial charge in [-0.05, 0) is 45.0 Å². The molecule has 0 saturated carbocycles. The third-order valence-electron chi connectivity index (χ3n) is 6.92. The minimum absolute atomic E-state index is 0.182. The maximum Gasteiger partial charge on any atom is 0.410 e. The molecule has 3 aliphatic rings. The molecule has 36 heavy (non-hydrogen) atoms. The monoisotopic (exact) mass is 511 g/mol. The zero-order valence-corrected chi connectivity index (χ0v) is 21.5. The van der Waals surface area contributed by atoms with Gasteiger partial charge in [-0.3, -0.25) is 4.79 Å². The Bertz CT molecular complexity index is 1220. The molecule has 2 saturated heterocycles. The number of esters is 1. The number of carbonyl (C=O) groups excluding carboxylic acids is 3. The van der Waals surface area contributed by atoms with E-state index in [9.17, 15) is 14.4 Å². The van der Waals surface area contributed by atoms with E-state index >= 15 is 0 Å². The number of fused-ring (bicyclic) bond motifs is 2. The van der Waals surface area contributed by atoms with Crippen LogP contribution in [0.3, 0.4) is 0 Å². The number of nitrogens with zero attached hydrogens (tertiary/aromatic N) is 3. The number of anilines is 1. The molecule has 2 aromatic carbocycles. The van der Waals surface area contributed by atoms with Crippen LogP contribution < -0.4 is 4.90 Å². The Balaban J connectivity index is 1.24. The van der Waals surface area contributed by atoms with E-state index in [1.165, 1.54) is 0 Å². The van der Waals surface area contributed by atoms with E-state index in [2.05, 4.69) is 4.90 Å². The van der Waals surface area contributed by atoms with Crippen molar-refractivity contribution >= 4 is 35.3 Å². The van der Waals surface area contributed by atoms with Crippen LogP contribution in [0.15, 0.2) is 42.5 Å². The van der Waals surface area contributed by atoms with Gasteiger partial charge in [0.25, 0.3) is 5.91 Å². The molecule has 0 radical (unpaired) electrons. The number of hydrogen-bond donors (Lipinski definition) is 0. The van der Waals surface area contributed by atoms with Crippen molar-refractivity contribution < 1.29 is 23.9 Å². The van der Waals surface area contributed by atoms with E-state index < -0.39 is 11.2 Å². The maximum atomic E-state index is 13.4. The molecule has 8 nitrogen and oxygen atoms in total. The molecule has 190 valence electrons. The molecule has 0 N–H and O–H groups in total. The van der Waals surface area contributed by atoms with Gasteiger partial charge in [0.05, 0.1) is 22.7 Å². The summed E-state index contributed by atoms with van der Waals surface area (Å²) in [7, 11) is 0. The molecule has 1 spiro atoms. The summed E-state index contributed by atoms with van der Waals surface area (Å²) in [5, 5.41) is 0.372. The van der Waals surface area contributed by atoms with Crippen LogP contribution in [-0.4, -0.2) is 72.6 Å². The van der Waals surface area contributed by atoms with Crippen molar-refractivity contribution in [1.82, 2.24) is 9.80 Å². The molecule has 9 heteroatoms. The summed E-state index contributed by atoms with van der Waals surface area (Å²) in [5.41, 5.74) is 1.42. The Hall–Kier alpha value is -3.26. The fourth-order valence-corrected chi connectivity index (χ4v) is 5.38. The number of carbonyl (C=O) groups is 3. The fraction of sp³-hybridized carbons (Fsp3) is 0.444. The molecule has 5 rings (SSSR count). The Morgan fingerprint density at radius 3 is 2.42 bits per heavy atom. The normalized spacial score (nSPS) is 21.6. The predicted octanol–water partition coefficient (Wildman–Crippen LogP) is 4.31. The lowest BCUT2D eigenvalue weighted by molar-refractivity contribution is -0.00308. The highest BCUT2D eigenvalue weighted by Gasteiger charge is 2.51. The first-order chi connectivity index (χ1) is 17.1. The first-order valence-electron chi connectivity index (χ1n) is 12.2. The highest BCUT2D eigenvalue weighted by atomic mass is 35.5. The third-order valence-corrected chi connectivity index (χ3v) is 7.24. The molecule has 0 aromatic heterocycles. The predicted molar refractivity (Wildman–Crippen MR) is 136 cm³/mol. The Morgan fingerprint density at radius 1 is 1.00 bits per heavy atom. The van der Waals surface area contributed by atoms with Crippen molar-refractivity contribution in [3.05, 3.63) is 64.2 Å². The smallest absolute Gasteiger partial charge is 0.410 e. The van der Waals surface area contributed by atoms with Crippen LogP contribution in [0.1, 0.15) is 53.5 Å². The molecule has 0 bridgehead atoms. The third kappa shape index (κ3) is 4.50. The van der Waals surface area contributed by atoms with Crippen LogP contribution in [0.4, 0.5) is 10.5 Å². The van der Waals surface area contributed by atoms with Gasteiger partial charge in [-0.25, -0.2) is 9.59 Å². The second-order valence-corrected chi connectivity index (χ2v) is 10.9. The van der Waals surface area contributed by atoms with Gasteiger partial charge in [0.15, 0.2) is 5.60 Å². The summed E-state index contributed by atoms with van der Waals surface area (Å²) < 4.78 is 11.2. The van der Waals surface area contributed by atoms with Gasteiger partial charge >= 0.3 is 12.1 Å². The Morgan fingerprint density at radius 2 is 1.72 bits per heavy atom. The average Bonchev–Trinajstić information content (AvgIpc) is 3.39. The highest BCUT2D eigenvalue weighted by Crippen LogP contribution is 2.43. The van der Waals surface area contributed by atoms with Crippen LogP contribution in [0.2, 0.25) is 5.02 Å². The van der Waals surface area contributed by atoms with E-state index in [4.69, 9.17) is 21.1 Å². The van der Waals surface area contributed by atoms with Gasteiger partial charge in [-0.2, -0.15) is 0 Å². The minimum atomic E-state index is -0.788. The summed E-state index contributed by atoms with van der Waals surface area (Å²) in [6.45, 7) is 8.72. The van der Waals surface area contributed by atoms with Crippen molar-refractivity contribution in [1.29, 1.82) is 0 Å². The summed E-state index contributed by atoms with van der Waals surface area (Å²) in [5.74, 6) is -0.521. The van der Waals surface area contributed by atoms with Crippen molar-refractivity contribution in [2.45, 2.75) is 38.4 Å². The number of amides is 2. The SMILES string of the molecule is CC(C)(C)OC(=O)N1CCN(c2ccc(C(=O)N3CC[C@@]4(C3)OC(=O)c3ccccc34)c(Cl)c2)CC1. The molecule has 3 heterocycles. The van der Waals surface area contributed by atoms with Crippen LogP contribution in [0.25, 0.3) is 0 Å². The number of hydrogen-bond acceptors (Lipinski definition) is 6. The molecule has 2 amide bonds. The maximum absolute atomic E-state index is 13.4. The highest BCUT2D eigenvalue weighted by molar-refractivity contribution is 6.34. The van der Waals surface area contributed by atoms with Crippen LogP contribution in [-0.2, 0) is 15.1 Å². The van der Waals surface area contributed by atoms with Crippen molar-refractivity contribution in [2.75, 3.05) is 44.2 Å². The standard InChI is InChI=1S/C27H30ClN3O5/c1-26(2,3)36-25(34)30-14-12-29(13-15-30)18-8-9-20(22(28)16-18)23(32)31-11-10-27(17-31)21-7-5-4-6-19(21)24(33)35-27/h4-9,16H,10-15,17H2,1-3H3/t27-/m0/s1. The first-order valence-corrected chi connectivity index (χ1v) is 12.6. The molecular weight excluding hydrogens is 482 g/mol. The molecule has 2 aromatic rings. The summed E-state index contributed by atoms with van der Waals surface area (Å²) in [6.07, 6.45) is 0.249. The van der Waals surface area contributed by atoms with Gasteiger partial charge in [-0.1, -0.05) is 29.8 Å². The number of benzene rings is 2. The largest absolute Gasteiger partial charge is 0.449 e. The fourth-order valence-electron chi connectivity index (χ4n) is 5.12. The van der Waals surface area contributed by atoms with E-state index in [1.807, 2.05) is 45.0 Å². The van der Waals surface area contributed by atoms with E-state index in [-0.39, 0.29) is 18.0 Å². The zero-order valence-electron chi connectivity index (χ0n) is 20.8. The van der Waals surface area contributed by atoms with Gasteiger partial charge < -0.3 is 24.2 Å².